The number of para-hydroxylation sites is 1. The molecule has 0 saturated carbocycles. The Labute approximate surface area is 168 Å². The fourth-order valence-corrected chi connectivity index (χ4v) is 3.43. The second kappa shape index (κ2) is 11.2. The average molecular weight is 385 g/mol. The maximum absolute atomic E-state index is 10.6. The maximum Gasteiger partial charge on any atom is 0.119 e. The third kappa shape index (κ3) is 6.91. The van der Waals surface area contributed by atoms with Crippen molar-refractivity contribution in [3.63, 3.8) is 0 Å². The van der Waals surface area contributed by atoms with Gasteiger partial charge in [-0.3, -0.25) is 9.80 Å². The van der Waals surface area contributed by atoms with E-state index >= 15 is 0 Å². The van der Waals surface area contributed by atoms with Crippen LogP contribution in [0, 0.1) is 6.92 Å². The first-order chi connectivity index (χ1) is 13.7. The van der Waals surface area contributed by atoms with Crippen LogP contribution in [-0.4, -0.2) is 73.6 Å². The summed E-state index contributed by atoms with van der Waals surface area (Å²) in [5.74, 6) is 0.792. The summed E-state index contributed by atoms with van der Waals surface area (Å²) in [6, 6.07) is 18.1. The van der Waals surface area contributed by atoms with E-state index in [4.69, 9.17) is 9.47 Å². The molecule has 0 unspecified atom stereocenters. The summed E-state index contributed by atoms with van der Waals surface area (Å²) in [5.41, 5.74) is 2.59. The molecular weight excluding hydrogens is 352 g/mol. The Morgan fingerprint density at radius 3 is 2.54 bits per heavy atom. The molecule has 1 saturated heterocycles. The topological polar surface area (TPSA) is 45.2 Å². The van der Waals surface area contributed by atoms with Gasteiger partial charge in [-0.05, 0) is 30.2 Å². The zero-order valence-corrected chi connectivity index (χ0v) is 16.8. The average Bonchev–Trinajstić information content (AvgIpc) is 2.73. The quantitative estimate of drug-likeness (QED) is 0.682. The monoisotopic (exact) mass is 384 g/mol. The fraction of sp³-hybridized carbons (Fsp3) is 0.478. The minimum Gasteiger partial charge on any atom is -0.491 e. The molecule has 152 valence electrons. The first-order valence-corrected chi connectivity index (χ1v) is 10.1. The Hall–Kier alpha value is -1.92. The highest BCUT2D eigenvalue weighted by molar-refractivity contribution is 5.25. The number of nitrogens with zero attached hydrogens (tertiary/aromatic N) is 2. The van der Waals surface area contributed by atoms with Crippen LogP contribution >= 0.6 is 0 Å². The molecule has 0 spiro atoms. The lowest BCUT2D eigenvalue weighted by Crippen LogP contribution is -2.43. The van der Waals surface area contributed by atoms with Crippen LogP contribution in [0.25, 0.3) is 0 Å². The molecule has 1 heterocycles. The number of aryl methyl sites for hydroxylation is 1. The third-order valence-electron chi connectivity index (χ3n) is 5.15. The maximum atomic E-state index is 10.6. The van der Waals surface area contributed by atoms with Crippen molar-refractivity contribution in [2.75, 3.05) is 52.5 Å². The van der Waals surface area contributed by atoms with Gasteiger partial charge in [0.15, 0.2) is 0 Å². The molecule has 0 bridgehead atoms. The van der Waals surface area contributed by atoms with Crippen molar-refractivity contribution in [2.24, 2.45) is 0 Å². The van der Waals surface area contributed by atoms with Crippen LogP contribution in [0.1, 0.15) is 11.1 Å². The van der Waals surface area contributed by atoms with Gasteiger partial charge in [0.25, 0.3) is 0 Å². The van der Waals surface area contributed by atoms with E-state index in [2.05, 4.69) is 41.0 Å². The van der Waals surface area contributed by atoms with Gasteiger partial charge >= 0.3 is 0 Å². The standard InChI is InChI=1S/C23H32N2O3/c1-20-7-5-6-8-21(20)17-25(12-11-24-13-15-27-16-14-24)18-22(26)19-28-23-9-3-2-4-10-23/h2-10,22,26H,11-19H2,1H3/t22-/m1/s1. The molecule has 2 aromatic rings. The van der Waals surface area contributed by atoms with E-state index < -0.39 is 6.10 Å². The lowest BCUT2D eigenvalue weighted by atomic mass is 10.1. The molecule has 5 heteroatoms. The normalized spacial score (nSPS) is 16.2. The summed E-state index contributed by atoms with van der Waals surface area (Å²) in [6.07, 6.45) is -0.533. The fourth-order valence-electron chi connectivity index (χ4n) is 3.43. The van der Waals surface area contributed by atoms with Gasteiger partial charge in [0.2, 0.25) is 0 Å². The molecule has 28 heavy (non-hydrogen) atoms. The van der Waals surface area contributed by atoms with E-state index in [9.17, 15) is 5.11 Å². The molecule has 1 atom stereocenters. The second-order valence-corrected chi connectivity index (χ2v) is 7.39. The smallest absolute Gasteiger partial charge is 0.119 e. The van der Waals surface area contributed by atoms with Gasteiger partial charge in [0.05, 0.1) is 13.2 Å². The van der Waals surface area contributed by atoms with Crippen molar-refractivity contribution in [2.45, 2.75) is 19.6 Å². The highest BCUT2D eigenvalue weighted by atomic mass is 16.5. The summed E-state index contributed by atoms with van der Waals surface area (Å²) in [5, 5.41) is 10.6. The van der Waals surface area contributed by atoms with Crippen LogP contribution in [0.15, 0.2) is 54.6 Å². The predicted octanol–water partition coefficient (Wildman–Crippen LogP) is 2.57. The first kappa shape index (κ1) is 20.8. The van der Waals surface area contributed by atoms with Gasteiger partial charge in [-0.15, -0.1) is 0 Å². The van der Waals surface area contributed by atoms with Crippen molar-refractivity contribution >= 4 is 0 Å². The molecular formula is C23H32N2O3. The second-order valence-electron chi connectivity index (χ2n) is 7.39. The molecule has 0 aliphatic carbocycles. The molecule has 0 aromatic heterocycles. The minimum atomic E-state index is -0.533. The Kier molecular flexibility index (Phi) is 8.30. The Bertz CT molecular complexity index is 689. The van der Waals surface area contributed by atoms with E-state index in [1.54, 1.807) is 0 Å². The van der Waals surface area contributed by atoms with Crippen LogP contribution in [0.3, 0.4) is 0 Å². The van der Waals surface area contributed by atoms with E-state index in [0.717, 1.165) is 51.7 Å². The summed E-state index contributed by atoms with van der Waals surface area (Å²) >= 11 is 0. The molecule has 0 amide bonds. The van der Waals surface area contributed by atoms with E-state index in [1.807, 2.05) is 30.3 Å². The van der Waals surface area contributed by atoms with Crippen molar-refractivity contribution < 1.29 is 14.6 Å². The number of ether oxygens (including phenoxy) is 2. The van der Waals surface area contributed by atoms with Gasteiger partial charge in [-0.2, -0.15) is 0 Å². The molecule has 1 N–H and O–H groups in total. The minimum absolute atomic E-state index is 0.297. The number of aliphatic hydroxyl groups is 1. The number of aliphatic hydroxyl groups excluding tert-OH is 1. The SMILES string of the molecule is Cc1ccccc1CN(CCN1CCOCC1)C[C@@H](O)COc1ccccc1. The van der Waals surface area contributed by atoms with Crippen molar-refractivity contribution in [3.8, 4) is 5.75 Å². The summed E-state index contributed by atoms with van der Waals surface area (Å²) < 4.78 is 11.2. The number of hydrogen-bond donors (Lipinski definition) is 1. The Morgan fingerprint density at radius 2 is 1.79 bits per heavy atom. The summed E-state index contributed by atoms with van der Waals surface area (Å²) in [7, 11) is 0. The third-order valence-corrected chi connectivity index (χ3v) is 5.15. The van der Waals surface area contributed by atoms with Crippen molar-refractivity contribution in [3.05, 3.63) is 65.7 Å². The zero-order valence-electron chi connectivity index (χ0n) is 16.8. The van der Waals surface area contributed by atoms with Crippen molar-refractivity contribution in [1.82, 2.24) is 9.80 Å². The Morgan fingerprint density at radius 1 is 1.07 bits per heavy atom. The Balaban J connectivity index is 1.55. The van der Waals surface area contributed by atoms with E-state index in [1.165, 1.54) is 11.1 Å². The highest BCUT2D eigenvalue weighted by Gasteiger charge is 2.17. The van der Waals surface area contributed by atoms with Gasteiger partial charge < -0.3 is 14.6 Å². The van der Waals surface area contributed by atoms with Gasteiger partial charge in [-0.1, -0.05) is 42.5 Å². The number of hydrogen-bond acceptors (Lipinski definition) is 5. The lowest BCUT2D eigenvalue weighted by molar-refractivity contribution is 0.0255. The van der Waals surface area contributed by atoms with Crippen LogP contribution in [0.5, 0.6) is 5.75 Å². The van der Waals surface area contributed by atoms with E-state index in [-0.39, 0.29) is 0 Å². The molecule has 2 aromatic carbocycles. The van der Waals surface area contributed by atoms with Crippen LogP contribution in [-0.2, 0) is 11.3 Å². The molecule has 1 fully saturated rings. The molecule has 0 radical (unpaired) electrons. The molecule has 1 aliphatic rings. The largest absolute Gasteiger partial charge is 0.491 e. The number of benzene rings is 2. The van der Waals surface area contributed by atoms with Gasteiger partial charge in [0, 0.05) is 39.3 Å². The predicted molar refractivity (Wildman–Crippen MR) is 112 cm³/mol. The molecule has 1 aliphatic heterocycles. The molecule has 3 rings (SSSR count). The number of morpholine rings is 1. The molecule has 5 nitrogen and oxygen atoms in total. The van der Waals surface area contributed by atoms with Crippen LogP contribution in [0.4, 0.5) is 0 Å². The van der Waals surface area contributed by atoms with Crippen molar-refractivity contribution in [1.29, 1.82) is 0 Å². The van der Waals surface area contributed by atoms with Gasteiger partial charge in [0.1, 0.15) is 18.5 Å². The summed E-state index contributed by atoms with van der Waals surface area (Å²) in [4.78, 5) is 4.76. The summed E-state index contributed by atoms with van der Waals surface area (Å²) in [6.45, 7) is 9.35. The zero-order chi connectivity index (χ0) is 19.6. The van der Waals surface area contributed by atoms with E-state index in [0.29, 0.717) is 13.2 Å². The highest BCUT2D eigenvalue weighted by Crippen LogP contribution is 2.13. The lowest BCUT2D eigenvalue weighted by Gasteiger charge is -2.31. The van der Waals surface area contributed by atoms with Crippen LogP contribution in [0.2, 0.25) is 0 Å². The number of rotatable bonds is 10. The van der Waals surface area contributed by atoms with Crippen LogP contribution < -0.4 is 4.74 Å². The van der Waals surface area contributed by atoms with Gasteiger partial charge in [-0.25, -0.2) is 0 Å². The first-order valence-electron chi connectivity index (χ1n) is 10.1.